The number of hydrogen-bond acceptors (Lipinski definition) is 3. The first-order chi connectivity index (χ1) is 11.6. The van der Waals surface area contributed by atoms with E-state index in [1.165, 1.54) is 0 Å². The van der Waals surface area contributed by atoms with E-state index in [0.29, 0.717) is 17.0 Å². The fourth-order valence-electron chi connectivity index (χ4n) is 3.35. The fraction of sp³-hybridized carbons (Fsp3) is 0.211. The average molecular weight is 341 g/mol. The van der Waals surface area contributed by atoms with Crippen LogP contribution in [0.4, 0.5) is 0 Å². The summed E-state index contributed by atoms with van der Waals surface area (Å²) in [6.45, 7) is 2.33. The third kappa shape index (κ3) is 2.39. The molecule has 3 N–H and O–H groups in total. The predicted octanol–water partition coefficient (Wildman–Crippen LogP) is 3.42. The molecule has 1 aliphatic heterocycles. The van der Waals surface area contributed by atoms with Crippen LogP contribution in [0.2, 0.25) is 5.02 Å². The molecule has 1 aliphatic rings. The van der Waals surface area contributed by atoms with Crippen molar-refractivity contribution in [1.29, 1.82) is 0 Å². The summed E-state index contributed by atoms with van der Waals surface area (Å²) >= 11 is 6.32. The van der Waals surface area contributed by atoms with Crippen LogP contribution < -0.4 is 15.9 Å². The lowest BCUT2D eigenvalue weighted by atomic mass is 9.98. The van der Waals surface area contributed by atoms with Gasteiger partial charge in [-0.05, 0) is 30.7 Å². The number of rotatable bonds is 2. The highest BCUT2D eigenvalue weighted by atomic mass is 35.5. The van der Waals surface area contributed by atoms with E-state index in [-0.39, 0.29) is 11.5 Å². The molecule has 2 aromatic carbocycles. The zero-order valence-electron chi connectivity index (χ0n) is 13.2. The summed E-state index contributed by atoms with van der Waals surface area (Å²) < 4.78 is 6.03. The molecular formula is C19H17ClN2O2. The molecule has 1 aromatic heterocycles. The van der Waals surface area contributed by atoms with Gasteiger partial charge in [0.05, 0.1) is 5.52 Å². The van der Waals surface area contributed by atoms with E-state index in [1.54, 1.807) is 6.07 Å². The molecule has 4 nitrogen and oxygen atoms in total. The van der Waals surface area contributed by atoms with Crippen LogP contribution in [0.25, 0.3) is 22.0 Å². The first-order valence-electron chi connectivity index (χ1n) is 7.89. The molecular weight excluding hydrogens is 324 g/mol. The van der Waals surface area contributed by atoms with E-state index in [1.807, 2.05) is 37.3 Å². The third-order valence-electron chi connectivity index (χ3n) is 4.42. The standard InChI is InChI=1S/C19H17ClN2O2/c1-10-5-17(23)15-4-2-3-14(18(15)22-10)16-8-12(20)6-11-7-13(9-21)24-19(11)16/h2-6,8,13H,7,9,21H2,1H3,(H,22,23)/t13-/m1/s1. The van der Waals surface area contributed by atoms with Gasteiger partial charge in [-0.25, -0.2) is 0 Å². The summed E-state index contributed by atoms with van der Waals surface area (Å²) in [5, 5.41) is 1.30. The summed E-state index contributed by atoms with van der Waals surface area (Å²) in [6, 6.07) is 11.1. The highest BCUT2D eigenvalue weighted by Crippen LogP contribution is 2.42. The Labute approximate surface area is 144 Å². The molecule has 0 saturated carbocycles. The Morgan fingerprint density at radius 2 is 2.12 bits per heavy atom. The quantitative estimate of drug-likeness (QED) is 0.751. The van der Waals surface area contributed by atoms with Crippen molar-refractivity contribution in [2.45, 2.75) is 19.4 Å². The monoisotopic (exact) mass is 340 g/mol. The molecule has 0 unspecified atom stereocenters. The lowest BCUT2D eigenvalue weighted by Gasteiger charge is -2.13. The van der Waals surface area contributed by atoms with Gasteiger partial charge in [-0.15, -0.1) is 0 Å². The maximum atomic E-state index is 12.3. The SMILES string of the molecule is Cc1cc(=O)c2cccc(-c3cc(Cl)cc4c3O[C@@H](CN)C4)c2[nH]1. The molecule has 3 aromatic rings. The van der Waals surface area contributed by atoms with Gasteiger partial charge in [0, 0.05) is 46.3 Å². The van der Waals surface area contributed by atoms with E-state index in [9.17, 15) is 4.79 Å². The number of pyridine rings is 1. The smallest absolute Gasteiger partial charge is 0.189 e. The van der Waals surface area contributed by atoms with Crippen LogP contribution in [-0.4, -0.2) is 17.6 Å². The van der Waals surface area contributed by atoms with Crippen LogP contribution >= 0.6 is 11.6 Å². The van der Waals surface area contributed by atoms with E-state index in [0.717, 1.165) is 40.1 Å². The van der Waals surface area contributed by atoms with Crippen LogP contribution in [0.3, 0.4) is 0 Å². The molecule has 1 atom stereocenters. The molecule has 0 spiro atoms. The van der Waals surface area contributed by atoms with Gasteiger partial charge in [-0.3, -0.25) is 4.79 Å². The van der Waals surface area contributed by atoms with Crippen molar-refractivity contribution in [1.82, 2.24) is 4.98 Å². The summed E-state index contributed by atoms with van der Waals surface area (Å²) in [5.74, 6) is 0.810. The van der Waals surface area contributed by atoms with Crippen LogP contribution in [-0.2, 0) is 6.42 Å². The topological polar surface area (TPSA) is 68.1 Å². The average Bonchev–Trinajstić information content (AvgIpc) is 2.96. The lowest BCUT2D eigenvalue weighted by Crippen LogP contribution is -2.24. The Bertz CT molecular complexity index is 1010. The zero-order valence-corrected chi connectivity index (χ0v) is 14.0. The molecule has 0 amide bonds. The van der Waals surface area contributed by atoms with E-state index >= 15 is 0 Å². The molecule has 0 bridgehead atoms. The van der Waals surface area contributed by atoms with Crippen molar-refractivity contribution in [3.05, 3.63) is 62.9 Å². The minimum absolute atomic E-state index is 0.00234. The van der Waals surface area contributed by atoms with Crippen molar-refractivity contribution in [2.24, 2.45) is 5.73 Å². The number of fused-ring (bicyclic) bond motifs is 2. The van der Waals surface area contributed by atoms with Crippen molar-refractivity contribution in [3.63, 3.8) is 0 Å². The number of aromatic amines is 1. The molecule has 122 valence electrons. The minimum Gasteiger partial charge on any atom is -0.488 e. The Morgan fingerprint density at radius 1 is 1.29 bits per heavy atom. The maximum absolute atomic E-state index is 12.3. The molecule has 2 heterocycles. The highest BCUT2D eigenvalue weighted by molar-refractivity contribution is 6.31. The molecule has 24 heavy (non-hydrogen) atoms. The summed E-state index contributed by atoms with van der Waals surface area (Å²) in [6.07, 6.45) is 0.715. The molecule has 5 heteroatoms. The van der Waals surface area contributed by atoms with Crippen LogP contribution in [0.15, 0.2) is 41.2 Å². The number of ether oxygens (including phenoxy) is 1. The number of aryl methyl sites for hydroxylation is 1. The summed E-state index contributed by atoms with van der Waals surface area (Å²) in [4.78, 5) is 15.6. The van der Waals surface area contributed by atoms with E-state index in [2.05, 4.69) is 4.98 Å². The number of benzene rings is 2. The van der Waals surface area contributed by atoms with Gasteiger partial charge in [-0.2, -0.15) is 0 Å². The normalized spacial score (nSPS) is 16.2. The minimum atomic E-state index is -0.0343. The second kappa shape index (κ2) is 5.65. The number of H-pyrrole nitrogens is 1. The molecule has 4 rings (SSSR count). The largest absolute Gasteiger partial charge is 0.488 e. The molecule has 0 radical (unpaired) electrons. The van der Waals surface area contributed by atoms with Gasteiger partial charge < -0.3 is 15.5 Å². The number of nitrogens with one attached hydrogen (secondary N) is 1. The Balaban J connectivity index is 2.02. The lowest BCUT2D eigenvalue weighted by molar-refractivity contribution is 0.242. The number of para-hydroxylation sites is 1. The predicted molar refractivity (Wildman–Crippen MR) is 96.9 cm³/mol. The highest BCUT2D eigenvalue weighted by Gasteiger charge is 2.26. The Morgan fingerprint density at radius 3 is 2.92 bits per heavy atom. The Kier molecular flexibility index (Phi) is 3.59. The second-order valence-electron chi connectivity index (χ2n) is 6.17. The van der Waals surface area contributed by atoms with Crippen LogP contribution in [0.1, 0.15) is 11.3 Å². The Hall–Kier alpha value is -2.30. The van der Waals surface area contributed by atoms with Gasteiger partial charge >= 0.3 is 0 Å². The van der Waals surface area contributed by atoms with Crippen molar-refractivity contribution < 1.29 is 4.74 Å². The fourth-order valence-corrected chi connectivity index (χ4v) is 3.59. The van der Waals surface area contributed by atoms with Crippen LogP contribution in [0, 0.1) is 6.92 Å². The van der Waals surface area contributed by atoms with Gasteiger partial charge in [0.15, 0.2) is 5.43 Å². The molecule has 0 saturated heterocycles. The summed E-state index contributed by atoms with van der Waals surface area (Å²) in [7, 11) is 0. The van der Waals surface area contributed by atoms with Crippen molar-refractivity contribution in [3.8, 4) is 16.9 Å². The van der Waals surface area contributed by atoms with Crippen LogP contribution in [0.5, 0.6) is 5.75 Å². The van der Waals surface area contributed by atoms with E-state index in [4.69, 9.17) is 22.1 Å². The van der Waals surface area contributed by atoms with Gasteiger partial charge in [0.25, 0.3) is 0 Å². The number of hydrogen-bond donors (Lipinski definition) is 2. The van der Waals surface area contributed by atoms with Crippen molar-refractivity contribution >= 4 is 22.5 Å². The number of halogens is 1. The van der Waals surface area contributed by atoms with Gasteiger partial charge in [0.1, 0.15) is 11.9 Å². The molecule has 0 aliphatic carbocycles. The summed E-state index contributed by atoms with van der Waals surface area (Å²) in [5.41, 5.74) is 10.2. The van der Waals surface area contributed by atoms with Crippen molar-refractivity contribution in [2.75, 3.05) is 6.54 Å². The zero-order chi connectivity index (χ0) is 16.8. The number of nitrogens with two attached hydrogens (primary N) is 1. The van der Waals surface area contributed by atoms with Gasteiger partial charge in [-0.1, -0.05) is 23.7 Å². The third-order valence-corrected chi connectivity index (χ3v) is 4.63. The van der Waals surface area contributed by atoms with E-state index < -0.39 is 0 Å². The first-order valence-corrected chi connectivity index (χ1v) is 8.27. The maximum Gasteiger partial charge on any atom is 0.189 e. The first kappa shape index (κ1) is 15.2. The van der Waals surface area contributed by atoms with Gasteiger partial charge in [0.2, 0.25) is 0 Å². The number of aromatic nitrogens is 1. The second-order valence-corrected chi connectivity index (χ2v) is 6.60. The molecule has 0 fully saturated rings.